The Morgan fingerprint density at radius 3 is 2.61 bits per heavy atom. The molecule has 0 heterocycles. The third kappa shape index (κ3) is 4.66. The number of ether oxygens (including phenoxy) is 1. The minimum atomic E-state index is -2.93. The second kappa shape index (κ2) is 6.75. The highest BCUT2D eigenvalue weighted by atomic mass is 32.2. The number of benzene rings is 1. The topological polar surface area (TPSA) is 63.6 Å². The molecule has 18 heavy (non-hydrogen) atoms. The lowest BCUT2D eigenvalue weighted by atomic mass is 10.1. The van der Waals surface area contributed by atoms with Gasteiger partial charge in [-0.2, -0.15) is 0 Å². The van der Waals surface area contributed by atoms with E-state index in [2.05, 4.69) is 0 Å². The van der Waals surface area contributed by atoms with Crippen molar-refractivity contribution in [2.45, 2.75) is 26.4 Å². The zero-order valence-corrected chi connectivity index (χ0v) is 11.6. The molecule has 5 heteroatoms. The Morgan fingerprint density at radius 2 is 2.00 bits per heavy atom. The molecule has 0 aliphatic rings. The number of hydrogen-bond donors (Lipinski definition) is 1. The van der Waals surface area contributed by atoms with Crippen molar-refractivity contribution in [2.24, 2.45) is 0 Å². The summed E-state index contributed by atoms with van der Waals surface area (Å²) in [6, 6.07) is 7.22. The molecule has 4 nitrogen and oxygen atoms in total. The van der Waals surface area contributed by atoms with E-state index >= 15 is 0 Å². The summed E-state index contributed by atoms with van der Waals surface area (Å²) >= 11 is 0. The predicted octanol–water partition coefficient (Wildman–Crippen LogP) is 1.94. The van der Waals surface area contributed by atoms with Crippen LogP contribution in [0.5, 0.6) is 5.75 Å². The first-order valence-electron chi connectivity index (χ1n) is 6.06. The van der Waals surface area contributed by atoms with Crippen LogP contribution in [-0.2, 0) is 9.84 Å². The molecule has 0 aromatic heterocycles. The number of rotatable bonds is 7. The Morgan fingerprint density at radius 1 is 1.33 bits per heavy atom. The van der Waals surface area contributed by atoms with Crippen molar-refractivity contribution in [3.8, 4) is 5.75 Å². The fraction of sp³-hybridized carbons (Fsp3) is 0.538. The molecule has 0 saturated heterocycles. The number of aliphatic hydroxyl groups excluding tert-OH is 1. The third-order valence-electron chi connectivity index (χ3n) is 2.67. The SMILES string of the molecule is CCS(=O)(=O)CCCOc1ccccc1[C@H](C)O. The molecule has 0 aliphatic heterocycles. The normalized spacial score (nSPS) is 13.3. The highest BCUT2D eigenvalue weighted by Gasteiger charge is 2.09. The lowest BCUT2D eigenvalue weighted by Crippen LogP contribution is -2.12. The average molecular weight is 272 g/mol. The number of hydrogen-bond acceptors (Lipinski definition) is 4. The van der Waals surface area contributed by atoms with E-state index in [1.807, 2.05) is 12.1 Å². The van der Waals surface area contributed by atoms with Crippen LogP contribution in [0.4, 0.5) is 0 Å². The minimum absolute atomic E-state index is 0.139. The average Bonchev–Trinajstić information content (AvgIpc) is 2.35. The van der Waals surface area contributed by atoms with Gasteiger partial charge in [0, 0.05) is 11.3 Å². The first kappa shape index (κ1) is 15.0. The fourth-order valence-corrected chi connectivity index (χ4v) is 2.41. The van der Waals surface area contributed by atoms with Crippen molar-refractivity contribution in [1.29, 1.82) is 0 Å². The van der Waals surface area contributed by atoms with Gasteiger partial charge in [0.1, 0.15) is 15.6 Å². The smallest absolute Gasteiger partial charge is 0.150 e. The van der Waals surface area contributed by atoms with E-state index in [-0.39, 0.29) is 11.5 Å². The molecule has 1 N–H and O–H groups in total. The molecule has 0 unspecified atom stereocenters. The first-order chi connectivity index (χ1) is 8.46. The van der Waals surface area contributed by atoms with Crippen LogP contribution in [0.1, 0.15) is 31.9 Å². The van der Waals surface area contributed by atoms with Gasteiger partial charge in [0.05, 0.1) is 18.5 Å². The van der Waals surface area contributed by atoms with Crippen LogP contribution < -0.4 is 4.74 Å². The maximum atomic E-state index is 11.3. The van der Waals surface area contributed by atoms with Crippen LogP contribution in [0.25, 0.3) is 0 Å². The van der Waals surface area contributed by atoms with E-state index in [0.29, 0.717) is 18.8 Å². The van der Waals surface area contributed by atoms with Gasteiger partial charge in [0.2, 0.25) is 0 Å². The Balaban J connectivity index is 2.50. The number of sulfone groups is 1. The highest BCUT2D eigenvalue weighted by Crippen LogP contribution is 2.24. The van der Waals surface area contributed by atoms with E-state index < -0.39 is 15.9 Å². The van der Waals surface area contributed by atoms with Crippen molar-refractivity contribution in [2.75, 3.05) is 18.1 Å². The maximum absolute atomic E-state index is 11.3. The first-order valence-corrected chi connectivity index (χ1v) is 7.88. The van der Waals surface area contributed by atoms with Gasteiger partial charge in [0.25, 0.3) is 0 Å². The molecule has 0 amide bonds. The Hall–Kier alpha value is -1.07. The van der Waals surface area contributed by atoms with Crippen LogP contribution in [0, 0.1) is 0 Å². The third-order valence-corrected chi connectivity index (χ3v) is 4.46. The van der Waals surface area contributed by atoms with E-state index in [1.54, 1.807) is 26.0 Å². The Bertz CT molecular complexity index is 466. The fourth-order valence-electron chi connectivity index (χ4n) is 1.56. The summed E-state index contributed by atoms with van der Waals surface area (Å²) < 4.78 is 28.1. The molecule has 1 aromatic rings. The quantitative estimate of drug-likeness (QED) is 0.770. The van der Waals surface area contributed by atoms with Crippen LogP contribution >= 0.6 is 0 Å². The van der Waals surface area contributed by atoms with Gasteiger partial charge in [-0.15, -0.1) is 0 Å². The summed E-state index contributed by atoms with van der Waals surface area (Å²) in [6.45, 7) is 3.64. The van der Waals surface area contributed by atoms with Gasteiger partial charge in [-0.05, 0) is 19.4 Å². The van der Waals surface area contributed by atoms with Gasteiger partial charge in [-0.25, -0.2) is 8.42 Å². The summed E-state index contributed by atoms with van der Waals surface area (Å²) in [5, 5.41) is 9.55. The summed E-state index contributed by atoms with van der Waals surface area (Å²) in [5.41, 5.74) is 0.718. The van der Waals surface area contributed by atoms with Crippen LogP contribution in [-0.4, -0.2) is 31.6 Å². The lowest BCUT2D eigenvalue weighted by Gasteiger charge is -2.13. The molecule has 1 aromatic carbocycles. The standard InChI is InChI=1S/C13H20O4S/c1-3-18(15,16)10-6-9-17-13-8-5-4-7-12(13)11(2)14/h4-5,7-8,11,14H,3,6,9-10H2,1-2H3/t11-/m0/s1. The van der Waals surface area contributed by atoms with E-state index in [9.17, 15) is 13.5 Å². The van der Waals surface area contributed by atoms with Gasteiger partial charge < -0.3 is 9.84 Å². The molecular weight excluding hydrogens is 252 g/mol. The molecule has 0 radical (unpaired) electrons. The molecule has 0 spiro atoms. The molecule has 1 rings (SSSR count). The molecule has 0 saturated carbocycles. The van der Waals surface area contributed by atoms with Crippen molar-refractivity contribution in [3.63, 3.8) is 0 Å². The molecular formula is C13H20O4S. The molecule has 102 valence electrons. The van der Waals surface area contributed by atoms with E-state index in [0.717, 1.165) is 5.56 Å². The minimum Gasteiger partial charge on any atom is -0.493 e. The summed E-state index contributed by atoms with van der Waals surface area (Å²) in [6.07, 6.45) is -0.134. The predicted molar refractivity (Wildman–Crippen MR) is 71.5 cm³/mol. The molecule has 0 aliphatic carbocycles. The zero-order valence-electron chi connectivity index (χ0n) is 10.8. The van der Waals surface area contributed by atoms with E-state index in [4.69, 9.17) is 4.74 Å². The Labute approximate surface area is 109 Å². The van der Waals surface area contributed by atoms with E-state index in [1.165, 1.54) is 0 Å². The summed E-state index contributed by atoms with van der Waals surface area (Å²) in [7, 11) is -2.93. The van der Waals surface area contributed by atoms with Crippen molar-refractivity contribution in [3.05, 3.63) is 29.8 Å². The molecule has 0 bridgehead atoms. The number of para-hydroxylation sites is 1. The van der Waals surface area contributed by atoms with Crippen LogP contribution in [0.3, 0.4) is 0 Å². The number of aliphatic hydroxyl groups is 1. The second-order valence-corrected chi connectivity index (χ2v) is 6.62. The second-order valence-electron chi connectivity index (χ2n) is 4.15. The van der Waals surface area contributed by atoms with Crippen molar-refractivity contribution in [1.82, 2.24) is 0 Å². The van der Waals surface area contributed by atoms with Gasteiger partial charge >= 0.3 is 0 Å². The summed E-state index contributed by atoms with van der Waals surface area (Å²) in [4.78, 5) is 0. The zero-order chi connectivity index (χ0) is 13.6. The Kier molecular flexibility index (Phi) is 5.62. The van der Waals surface area contributed by atoms with Gasteiger partial charge in [-0.1, -0.05) is 25.1 Å². The monoisotopic (exact) mass is 272 g/mol. The lowest BCUT2D eigenvalue weighted by molar-refractivity contribution is 0.191. The molecule has 0 fully saturated rings. The van der Waals surface area contributed by atoms with Gasteiger partial charge in [-0.3, -0.25) is 0 Å². The maximum Gasteiger partial charge on any atom is 0.150 e. The van der Waals surface area contributed by atoms with Gasteiger partial charge in [0.15, 0.2) is 0 Å². The molecule has 1 atom stereocenters. The summed E-state index contributed by atoms with van der Waals surface area (Å²) in [5.74, 6) is 0.916. The highest BCUT2D eigenvalue weighted by molar-refractivity contribution is 7.91. The van der Waals surface area contributed by atoms with Crippen molar-refractivity contribution >= 4 is 9.84 Å². The largest absolute Gasteiger partial charge is 0.493 e. The van der Waals surface area contributed by atoms with Crippen LogP contribution in [0.15, 0.2) is 24.3 Å². The van der Waals surface area contributed by atoms with Crippen molar-refractivity contribution < 1.29 is 18.3 Å². The van der Waals surface area contributed by atoms with Crippen LogP contribution in [0.2, 0.25) is 0 Å².